The largest absolute Gasteiger partial charge is 0.464 e. The molecular weight excluding hydrogens is 444 g/mol. The van der Waals surface area contributed by atoms with Crippen molar-refractivity contribution in [3.05, 3.63) is 87.5 Å². The first kappa shape index (κ1) is 22.4. The van der Waals surface area contributed by atoms with Crippen molar-refractivity contribution in [1.82, 2.24) is 5.32 Å². The Kier molecular flexibility index (Phi) is 6.50. The van der Waals surface area contributed by atoms with E-state index < -0.39 is 0 Å². The van der Waals surface area contributed by atoms with Gasteiger partial charge in [-0.05, 0) is 60.9 Å². The van der Waals surface area contributed by atoms with Gasteiger partial charge in [0, 0.05) is 22.4 Å². The van der Waals surface area contributed by atoms with Gasteiger partial charge in [0.1, 0.15) is 10.6 Å². The number of furan rings is 1. The van der Waals surface area contributed by atoms with Gasteiger partial charge in [-0.15, -0.1) is 11.3 Å². The van der Waals surface area contributed by atoms with E-state index in [0.29, 0.717) is 17.1 Å². The summed E-state index contributed by atoms with van der Waals surface area (Å²) in [5.74, 6) is -0.241. The van der Waals surface area contributed by atoms with E-state index in [2.05, 4.69) is 35.8 Å². The number of amides is 2. The van der Waals surface area contributed by atoms with Gasteiger partial charge in [-0.1, -0.05) is 43.3 Å². The lowest BCUT2D eigenvalue weighted by Gasteiger charge is -2.10. The molecule has 4 aromatic rings. The van der Waals surface area contributed by atoms with E-state index in [-0.39, 0.29) is 18.2 Å². The number of rotatable bonds is 8. The quantitative estimate of drug-likeness (QED) is 0.346. The lowest BCUT2D eigenvalue weighted by Crippen LogP contribution is -2.27. The minimum absolute atomic E-state index is 0.105. The van der Waals surface area contributed by atoms with Crippen molar-refractivity contribution in [3.63, 3.8) is 0 Å². The summed E-state index contributed by atoms with van der Waals surface area (Å²) in [6, 6.07) is 16.2. The molecule has 2 N–H and O–H groups in total. The molecule has 2 amide bonds. The second kappa shape index (κ2) is 9.85. The molecule has 1 aliphatic carbocycles. The average molecular weight is 473 g/mol. The van der Waals surface area contributed by atoms with Crippen LogP contribution in [0.2, 0.25) is 0 Å². The molecule has 0 bridgehead atoms. The molecule has 1 aliphatic rings. The van der Waals surface area contributed by atoms with Crippen molar-refractivity contribution in [2.24, 2.45) is 0 Å². The number of thiophene rings is 1. The van der Waals surface area contributed by atoms with E-state index >= 15 is 0 Å². The van der Waals surface area contributed by atoms with Crippen molar-refractivity contribution in [2.45, 2.75) is 45.4 Å². The second-order valence-corrected chi connectivity index (χ2v) is 9.83. The molecular formula is C28H28N2O3S. The Bertz CT molecular complexity index is 1340. The first-order chi connectivity index (χ1) is 16.6. The molecule has 0 radical (unpaired) electrons. The highest BCUT2D eigenvalue weighted by molar-refractivity contribution is 7.17. The number of hydrogen-bond donors (Lipinski definition) is 2. The number of fused-ring (bicyclic) bond motifs is 2. The molecule has 0 atom stereocenters. The summed E-state index contributed by atoms with van der Waals surface area (Å²) in [5, 5.41) is 7.73. The zero-order valence-corrected chi connectivity index (χ0v) is 20.1. The molecule has 2 aromatic carbocycles. The highest BCUT2D eigenvalue weighted by Gasteiger charge is 2.27. The van der Waals surface area contributed by atoms with Crippen LogP contribution in [0.4, 0.5) is 5.00 Å². The fraction of sp³-hybridized carbons (Fsp3) is 0.286. The van der Waals surface area contributed by atoms with Gasteiger partial charge in [0.2, 0.25) is 5.91 Å². The first-order valence-corrected chi connectivity index (χ1v) is 12.7. The maximum absolute atomic E-state index is 13.1. The van der Waals surface area contributed by atoms with Gasteiger partial charge in [0.05, 0.1) is 18.2 Å². The van der Waals surface area contributed by atoms with Crippen LogP contribution >= 0.6 is 11.3 Å². The minimum Gasteiger partial charge on any atom is -0.464 e. The fourth-order valence-corrected chi connectivity index (χ4v) is 5.92. The van der Waals surface area contributed by atoms with Gasteiger partial charge in [-0.2, -0.15) is 0 Å². The van der Waals surface area contributed by atoms with Crippen LogP contribution in [0, 0.1) is 0 Å². The molecule has 0 unspecified atom stereocenters. The van der Waals surface area contributed by atoms with Crippen LogP contribution in [0.25, 0.3) is 11.0 Å². The molecule has 0 spiro atoms. The maximum Gasteiger partial charge on any atom is 0.254 e. The summed E-state index contributed by atoms with van der Waals surface area (Å²) in [7, 11) is 0. The zero-order valence-electron chi connectivity index (χ0n) is 19.3. The third kappa shape index (κ3) is 4.64. The molecule has 5 nitrogen and oxygen atoms in total. The van der Waals surface area contributed by atoms with Crippen molar-refractivity contribution >= 4 is 39.1 Å². The number of aryl methyl sites for hydroxylation is 2. The smallest absolute Gasteiger partial charge is 0.254 e. The van der Waals surface area contributed by atoms with E-state index in [9.17, 15) is 9.59 Å². The van der Waals surface area contributed by atoms with Gasteiger partial charge in [0.25, 0.3) is 5.91 Å². The first-order valence-electron chi connectivity index (χ1n) is 11.9. The van der Waals surface area contributed by atoms with Crippen molar-refractivity contribution in [2.75, 3.05) is 11.9 Å². The Labute approximate surface area is 203 Å². The van der Waals surface area contributed by atoms with E-state index in [1.807, 2.05) is 30.3 Å². The summed E-state index contributed by atoms with van der Waals surface area (Å²) < 4.78 is 5.65. The summed E-state index contributed by atoms with van der Waals surface area (Å²) in [6.45, 7) is 2.66. The van der Waals surface area contributed by atoms with Crippen LogP contribution in [0.3, 0.4) is 0 Å². The molecule has 174 valence electrons. The number of anilines is 1. The SMILES string of the molecule is CCc1ccc2occ(CC(=O)Nc3sc4c(c3C(=O)NCCc3ccccc3)CCC4)c2c1. The second-order valence-electron chi connectivity index (χ2n) is 8.72. The van der Waals surface area contributed by atoms with Crippen molar-refractivity contribution in [3.8, 4) is 0 Å². The summed E-state index contributed by atoms with van der Waals surface area (Å²) in [6.07, 6.45) is 6.47. The predicted octanol–water partition coefficient (Wildman–Crippen LogP) is 5.70. The Hall–Kier alpha value is -3.38. The standard InChI is InChI=1S/C28H28N2O3S/c1-2-18-11-12-23-22(15-18)20(17-33-23)16-25(31)30-28-26(21-9-6-10-24(21)34-28)27(32)29-14-13-19-7-4-3-5-8-19/h3-5,7-8,11-12,15,17H,2,6,9-10,13-14,16H2,1H3,(H,29,32)(H,30,31). The monoisotopic (exact) mass is 472 g/mol. The van der Waals surface area contributed by atoms with Crippen LogP contribution in [0.5, 0.6) is 0 Å². The zero-order chi connectivity index (χ0) is 23.5. The Morgan fingerprint density at radius 1 is 1.06 bits per heavy atom. The highest BCUT2D eigenvalue weighted by atomic mass is 32.1. The van der Waals surface area contributed by atoms with Crippen molar-refractivity contribution in [1.29, 1.82) is 0 Å². The van der Waals surface area contributed by atoms with Crippen molar-refractivity contribution < 1.29 is 14.0 Å². The number of carbonyl (C=O) groups excluding carboxylic acids is 2. The lowest BCUT2D eigenvalue weighted by molar-refractivity contribution is -0.115. The fourth-order valence-electron chi connectivity index (χ4n) is 4.62. The molecule has 0 fully saturated rings. The summed E-state index contributed by atoms with van der Waals surface area (Å²) >= 11 is 1.54. The minimum atomic E-state index is -0.136. The Morgan fingerprint density at radius 2 is 1.91 bits per heavy atom. The normalized spacial score (nSPS) is 12.6. The molecule has 2 aromatic heterocycles. The van der Waals surface area contributed by atoms with Gasteiger partial charge in [-0.3, -0.25) is 9.59 Å². The molecule has 0 saturated heterocycles. The third-order valence-electron chi connectivity index (χ3n) is 6.42. The molecule has 2 heterocycles. The molecule has 0 saturated carbocycles. The topological polar surface area (TPSA) is 71.3 Å². The van der Waals surface area contributed by atoms with Crippen LogP contribution in [-0.4, -0.2) is 18.4 Å². The van der Waals surface area contributed by atoms with Gasteiger partial charge in [-0.25, -0.2) is 0 Å². The van der Waals surface area contributed by atoms with Crippen LogP contribution in [-0.2, 0) is 36.9 Å². The van der Waals surface area contributed by atoms with Gasteiger partial charge >= 0.3 is 0 Å². The van der Waals surface area contributed by atoms with E-state index in [1.54, 1.807) is 17.6 Å². The van der Waals surface area contributed by atoms with Crippen LogP contribution < -0.4 is 10.6 Å². The summed E-state index contributed by atoms with van der Waals surface area (Å²) in [4.78, 5) is 27.4. The predicted molar refractivity (Wildman–Crippen MR) is 137 cm³/mol. The Morgan fingerprint density at radius 3 is 2.74 bits per heavy atom. The third-order valence-corrected chi connectivity index (χ3v) is 7.63. The van der Waals surface area contributed by atoms with Gasteiger partial charge < -0.3 is 15.1 Å². The van der Waals surface area contributed by atoms with E-state index in [4.69, 9.17) is 4.42 Å². The molecule has 0 aliphatic heterocycles. The maximum atomic E-state index is 13.1. The number of nitrogens with one attached hydrogen (secondary N) is 2. The van der Waals surface area contributed by atoms with E-state index in [0.717, 1.165) is 54.2 Å². The Balaban J connectivity index is 1.30. The average Bonchev–Trinajstić information content (AvgIpc) is 3.54. The molecule has 34 heavy (non-hydrogen) atoms. The highest BCUT2D eigenvalue weighted by Crippen LogP contribution is 2.39. The number of hydrogen-bond acceptors (Lipinski definition) is 4. The van der Waals surface area contributed by atoms with Gasteiger partial charge in [0.15, 0.2) is 0 Å². The lowest BCUT2D eigenvalue weighted by atomic mass is 10.1. The van der Waals surface area contributed by atoms with E-state index in [1.165, 1.54) is 16.0 Å². The summed E-state index contributed by atoms with van der Waals surface area (Å²) in [5.41, 5.74) is 5.78. The number of benzene rings is 2. The molecule has 5 rings (SSSR count). The molecule has 6 heteroatoms. The van der Waals surface area contributed by atoms with Crippen LogP contribution in [0.1, 0.15) is 50.8 Å². The van der Waals surface area contributed by atoms with Crippen LogP contribution in [0.15, 0.2) is 59.2 Å². The number of carbonyl (C=O) groups is 2.